The highest BCUT2D eigenvalue weighted by atomic mass is 32.2. The highest BCUT2D eigenvalue weighted by Crippen LogP contribution is 2.24. The van der Waals surface area contributed by atoms with E-state index in [0.717, 1.165) is 31.6 Å². The number of hydrogen-bond donors (Lipinski definition) is 1. The molecule has 8 nitrogen and oxygen atoms in total. The van der Waals surface area contributed by atoms with Crippen LogP contribution in [0.5, 0.6) is 0 Å². The van der Waals surface area contributed by atoms with Crippen LogP contribution in [0, 0.1) is 5.82 Å². The molecule has 0 aliphatic carbocycles. The average Bonchev–Trinajstić information content (AvgIpc) is 3.21. The summed E-state index contributed by atoms with van der Waals surface area (Å²) in [7, 11) is -3.99. The fourth-order valence-electron chi connectivity index (χ4n) is 3.08. The molecule has 156 valence electrons. The number of hydrogen-bond acceptors (Lipinski definition) is 6. The van der Waals surface area contributed by atoms with Gasteiger partial charge in [-0.25, -0.2) is 12.8 Å². The van der Waals surface area contributed by atoms with Crippen LogP contribution in [0.1, 0.15) is 19.3 Å². The SMILES string of the molecule is O=C(CCOCC1CCCO1)Nc1ccc(F)c(S(=O)(=O)N2CCOCC2)c1. The van der Waals surface area contributed by atoms with Gasteiger partial charge in [0.2, 0.25) is 15.9 Å². The Morgan fingerprint density at radius 3 is 2.79 bits per heavy atom. The quantitative estimate of drug-likeness (QED) is 0.644. The summed E-state index contributed by atoms with van der Waals surface area (Å²) < 4.78 is 56.7. The van der Waals surface area contributed by atoms with Gasteiger partial charge in [-0.2, -0.15) is 4.31 Å². The lowest BCUT2D eigenvalue weighted by molar-refractivity contribution is -0.117. The number of carbonyl (C=O) groups excluding carboxylic acids is 1. The molecule has 1 aromatic rings. The zero-order valence-electron chi connectivity index (χ0n) is 15.6. The number of morpholine rings is 1. The van der Waals surface area contributed by atoms with Crippen molar-refractivity contribution in [2.45, 2.75) is 30.3 Å². The van der Waals surface area contributed by atoms with Crippen LogP contribution in [0.3, 0.4) is 0 Å². The van der Waals surface area contributed by atoms with Gasteiger partial charge < -0.3 is 19.5 Å². The Morgan fingerprint density at radius 1 is 1.29 bits per heavy atom. The Hall–Kier alpha value is -1.59. The second-order valence-corrected chi connectivity index (χ2v) is 8.58. The fourth-order valence-corrected chi connectivity index (χ4v) is 4.58. The summed E-state index contributed by atoms with van der Waals surface area (Å²) in [4.78, 5) is 11.6. The molecule has 3 rings (SSSR count). The number of nitrogens with zero attached hydrogens (tertiary/aromatic N) is 1. The second kappa shape index (κ2) is 9.75. The molecule has 2 heterocycles. The zero-order chi connectivity index (χ0) is 20.0. The van der Waals surface area contributed by atoms with E-state index < -0.39 is 20.7 Å². The standard InChI is InChI=1S/C18H25FN2O6S/c19-16-4-3-14(12-17(16)28(23,24)21-6-10-25-11-7-21)20-18(22)5-9-26-13-15-2-1-8-27-15/h3-4,12,15H,1-2,5-11,13H2,(H,20,22). The number of anilines is 1. The molecular formula is C18H25FN2O6S. The molecular weight excluding hydrogens is 391 g/mol. The lowest BCUT2D eigenvalue weighted by Crippen LogP contribution is -2.40. The summed E-state index contributed by atoms with van der Waals surface area (Å²) in [5.41, 5.74) is 0.220. The van der Waals surface area contributed by atoms with Crippen molar-refractivity contribution in [2.75, 3.05) is 51.4 Å². The first-order valence-corrected chi connectivity index (χ1v) is 10.8. The van der Waals surface area contributed by atoms with Crippen LogP contribution < -0.4 is 5.32 Å². The number of halogens is 1. The largest absolute Gasteiger partial charge is 0.379 e. The number of nitrogens with one attached hydrogen (secondary N) is 1. The number of rotatable bonds is 8. The third-order valence-electron chi connectivity index (χ3n) is 4.60. The maximum atomic E-state index is 14.2. The fraction of sp³-hybridized carbons (Fsp3) is 0.611. The van der Waals surface area contributed by atoms with Crippen LogP contribution in [0.2, 0.25) is 0 Å². The van der Waals surface area contributed by atoms with E-state index in [9.17, 15) is 17.6 Å². The van der Waals surface area contributed by atoms with Crippen molar-refractivity contribution in [3.8, 4) is 0 Å². The van der Waals surface area contributed by atoms with Crippen LogP contribution in [0.15, 0.2) is 23.1 Å². The average molecular weight is 416 g/mol. The molecule has 0 radical (unpaired) electrons. The molecule has 2 fully saturated rings. The van der Waals surface area contributed by atoms with E-state index >= 15 is 0 Å². The molecule has 1 atom stereocenters. The van der Waals surface area contributed by atoms with Gasteiger partial charge in [0.1, 0.15) is 10.7 Å². The third kappa shape index (κ3) is 5.48. The summed E-state index contributed by atoms with van der Waals surface area (Å²) in [6.45, 7) is 2.29. The number of carbonyl (C=O) groups is 1. The maximum absolute atomic E-state index is 14.2. The van der Waals surface area contributed by atoms with E-state index in [1.54, 1.807) is 0 Å². The molecule has 1 aromatic carbocycles. The first kappa shape index (κ1) is 21.1. The molecule has 1 amide bonds. The molecule has 2 aliphatic heterocycles. The van der Waals surface area contributed by atoms with Crippen molar-refractivity contribution in [1.29, 1.82) is 0 Å². The lowest BCUT2D eigenvalue weighted by atomic mass is 10.2. The van der Waals surface area contributed by atoms with E-state index in [0.29, 0.717) is 6.61 Å². The highest BCUT2D eigenvalue weighted by Gasteiger charge is 2.29. The van der Waals surface area contributed by atoms with Gasteiger partial charge in [-0.3, -0.25) is 4.79 Å². The summed E-state index contributed by atoms with van der Waals surface area (Å²) in [6, 6.07) is 3.51. The first-order chi connectivity index (χ1) is 13.5. The number of amides is 1. The highest BCUT2D eigenvalue weighted by molar-refractivity contribution is 7.89. The van der Waals surface area contributed by atoms with Gasteiger partial charge in [-0.15, -0.1) is 0 Å². The molecule has 10 heteroatoms. The third-order valence-corrected chi connectivity index (χ3v) is 6.52. The van der Waals surface area contributed by atoms with E-state index in [-0.39, 0.29) is 57.0 Å². The number of sulfonamides is 1. The predicted molar refractivity (Wildman–Crippen MR) is 99.0 cm³/mol. The smallest absolute Gasteiger partial charge is 0.246 e. The van der Waals surface area contributed by atoms with Crippen LogP contribution >= 0.6 is 0 Å². The molecule has 0 aromatic heterocycles. The van der Waals surface area contributed by atoms with Crippen LogP contribution in [-0.2, 0) is 29.0 Å². The van der Waals surface area contributed by atoms with E-state index in [2.05, 4.69) is 5.32 Å². The summed E-state index contributed by atoms with van der Waals surface area (Å²) >= 11 is 0. The van der Waals surface area contributed by atoms with E-state index in [1.165, 1.54) is 10.4 Å². The van der Waals surface area contributed by atoms with Crippen LogP contribution in [0.4, 0.5) is 10.1 Å². The van der Waals surface area contributed by atoms with Gasteiger partial charge >= 0.3 is 0 Å². The van der Waals surface area contributed by atoms with Crippen LogP contribution in [0.25, 0.3) is 0 Å². The summed E-state index contributed by atoms with van der Waals surface area (Å²) in [5.74, 6) is -1.20. The van der Waals surface area contributed by atoms with Crippen molar-refractivity contribution in [1.82, 2.24) is 4.31 Å². The molecule has 0 spiro atoms. The van der Waals surface area contributed by atoms with Crippen molar-refractivity contribution in [3.63, 3.8) is 0 Å². The predicted octanol–water partition coefficient (Wildman–Crippen LogP) is 1.37. The minimum absolute atomic E-state index is 0.0908. The van der Waals surface area contributed by atoms with Crippen molar-refractivity contribution >= 4 is 21.6 Å². The molecule has 1 unspecified atom stereocenters. The normalized spacial score (nSPS) is 21.0. The molecule has 1 N–H and O–H groups in total. The van der Waals surface area contributed by atoms with E-state index in [1.807, 2.05) is 0 Å². The van der Waals surface area contributed by atoms with E-state index in [4.69, 9.17) is 14.2 Å². The molecule has 0 saturated carbocycles. The Bertz CT molecular complexity index is 776. The summed E-state index contributed by atoms with van der Waals surface area (Å²) in [5, 5.41) is 2.59. The Morgan fingerprint density at radius 2 is 2.07 bits per heavy atom. The Kier molecular flexibility index (Phi) is 7.36. The number of ether oxygens (including phenoxy) is 3. The minimum Gasteiger partial charge on any atom is -0.379 e. The van der Waals surface area contributed by atoms with Gasteiger partial charge in [0, 0.05) is 25.4 Å². The van der Waals surface area contributed by atoms with Crippen molar-refractivity contribution in [3.05, 3.63) is 24.0 Å². The lowest BCUT2D eigenvalue weighted by Gasteiger charge is -2.26. The van der Waals surface area contributed by atoms with Crippen molar-refractivity contribution in [2.24, 2.45) is 0 Å². The van der Waals surface area contributed by atoms with Gasteiger partial charge in [0.25, 0.3) is 0 Å². The Labute approximate surface area is 164 Å². The molecule has 2 saturated heterocycles. The molecule has 2 aliphatic rings. The minimum atomic E-state index is -3.99. The zero-order valence-corrected chi connectivity index (χ0v) is 16.4. The first-order valence-electron chi connectivity index (χ1n) is 9.33. The molecule has 0 bridgehead atoms. The maximum Gasteiger partial charge on any atom is 0.246 e. The monoisotopic (exact) mass is 416 g/mol. The number of benzene rings is 1. The van der Waals surface area contributed by atoms with Crippen LogP contribution in [-0.4, -0.2) is 70.9 Å². The van der Waals surface area contributed by atoms with Gasteiger partial charge in [-0.05, 0) is 31.0 Å². The second-order valence-electron chi connectivity index (χ2n) is 6.67. The van der Waals surface area contributed by atoms with Gasteiger partial charge in [0.05, 0.1) is 39.0 Å². The van der Waals surface area contributed by atoms with Gasteiger partial charge in [0.15, 0.2) is 0 Å². The topological polar surface area (TPSA) is 94.2 Å². The van der Waals surface area contributed by atoms with Gasteiger partial charge in [-0.1, -0.05) is 0 Å². The Balaban J connectivity index is 1.55. The van der Waals surface area contributed by atoms with Crippen molar-refractivity contribution < 1.29 is 31.8 Å². The molecule has 28 heavy (non-hydrogen) atoms. The summed E-state index contributed by atoms with van der Waals surface area (Å²) in [6.07, 6.45) is 2.18.